The fourth-order valence-electron chi connectivity index (χ4n) is 3.86. The summed E-state index contributed by atoms with van der Waals surface area (Å²) in [5.74, 6) is -1.23. The number of amides is 4. The average molecular weight is 518 g/mol. The van der Waals surface area contributed by atoms with Crippen molar-refractivity contribution in [3.8, 4) is 0 Å². The molecule has 7 nitrogen and oxygen atoms in total. The second kappa shape index (κ2) is 11.7. The highest BCUT2D eigenvalue weighted by Crippen LogP contribution is 2.25. The average Bonchev–Trinajstić information content (AvgIpc) is 3.09. The number of benzene rings is 2. The van der Waals surface area contributed by atoms with E-state index in [1.54, 1.807) is 49.4 Å². The lowest BCUT2D eigenvalue weighted by atomic mass is 10.1. The quantitative estimate of drug-likeness (QED) is 0.462. The second-order valence-electron chi connectivity index (χ2n) is 8.68. The number of nitrogens with zero attached hydrogens (tertiary/aromatic N) is 2. The van der Waals surface area contributed by atoms with Crippen LogP contribution in [0, 0.1) is 0 Å². The van der Waals surface area contributed by atoms with E-state index in [9.17, 15) is 19.2 Å². The van der Waals surface area contributed by atoms with Gasteiger partial charge in [-0.15, -0.1) is 0 Å². The van der Waals surface area contributed by atoms with Gasteiger partial charge in [-0.3, -0.25) is 24.1 Å². The number of rotatable bonds is 10. The minimum atomic E-state index is -0.731. The van der Waals surface area contributed by atoms with Crippen molar-refractivity contribution in [2.75, 3.05) is 6.54 Å². The van der Waals surface area contributed by atoms with Gasteiger partial charge in [0, 0.05) is 25.6 Å². The van der Waals surface area contributed by atoms with Crippen molar-refractivity contribution in [1.29, 1.82) is 0 Å². The Morgan fingerprint density at radius 2 is 1.63 bits per heavy atom. The zero-order valence-electron chi connectivity index (χ0n) is 20.0. The van der Waals surface area contributed by atoms with Gasteiger partial charge in [0.1, 0.15) is 6.04 Å². The minimum Gasteiger partial charge on any atom is -0.352 e. The molecule has 1 aliphatic heterocycles. The van der Waals surface area contributed by atoms with E-state index in [4.69, 9.17) is 23.2 Å². The zero-order valence-corrected chi connectivity index (χ0v) is 21.5. The van der Waals surface area contributed by atoms with Crippen molar-refractivity contribution in [2.24, 2.45) is 0 Å². The van der Waals surface area contributed by atoms with Crippen molar-refractivity contribution >= 4 is 46.8 Å². The molecular formula is C26H29Cl2N3O4. The van der Waals surface area contributed by atoms with Gasteiger partial charge in [0.25, 0.3) is 11.8 Å². The van der Waals surface area contributed by atoms with Crippen molar-refractivity contribution < 1.29 is 19.2 Å². The van der Waals surface area contributed by atoms with Gasteiger partial charge < -0.3 is 10.2 Å². The summed E-state index contributed by atoms with van der Waals surface area (Å²) in [7, 11) is 0. The van der Waals surface area contributed by atoms with E-state index in [0.29, 0.717) is 21.2 Å². The van der Waals surface area contributed by atoms with Crippen LogP contribution in [0.3, 0.4) is 0 Å². The van der Waals surface area contributed by atoms with Crippen LogP contribution in [0.2, 0.25) is 10.0 Å². The van der Waals surface area contributed by atoms with Crippen LogP contribution in [0.15, 0.2) is 42.5 Å². The van der Waals surface area contributed by atoms with Crippen molar-refractivity contribution in [1.82, 2.24) is 15.1 Å². The van der Waals surface area contributed by atoms with Crippen LogP contribution in [0.5, 0.6) is 0 Å². The maximum absolute atomic E-state index is 13.3. The Morgan fingerprint density at radius 3 is 2.20 bits per heavy atom. The number of hydrogen-bond acceptors (Lipinski definition) is 4. The molecule has 1 heterocycles. The van der Waals surface area contributed by atoms with Crippen molar-refractivity contribution in [3.05, 3.63) is 69.2 Å². The van der Waals surface area contributed by atoms with Crippen LogP contribution in [0.1, 0.15) is 66.3 Å². The molecule has 0 unspecified atom stereocenters. The van der Waals surface area contributed by atoms with E-state index in [1.165, 1.54) is 9.80 Å². The Morgan fingerprint density at radius 1 is 1.00 bits per heavy atom. The third-order valence-corrected chi connectivity index (χ3v) is 6.89. The molecule has 9 heteroatoms. The molecule has 0 aromatic heterocycles. The molecule has 0 saturated carbocycles. The summed E-state index contributed by atoms with van der Waals surface area (Å²) in [6, 6.07) is 11.0. The number of nitrogens with one attached hydrogen (secondary N) is 1. The first-order valence-corrected chi connectivity index (χ1v) is 12.4. The van der Waals surface area contributed by atoms with E-state index in [0.717, 1.165) is 12.0 Å². The van der Waals surface area contributed by atoms with Crippen LogP contribution < -0.4 is 5.32 Å². The van der Waals surface area contributed by atoms with Crippen LogP contribution in [-0.4, -0.2) is 52.1 Å². The highest BCUT2D eigenvalue weighted by molar-refractivity contribution is 6.42. The predicted octanol–water partition coefficient (Wildman–Crippen LogP) is 4.70. The van der Waals surface area contributed by atoms with Gasteiger partial charge in [-0.25, -0.2) is 0 Å². The van der Waals surface area contributed by atoms with E-state index in [2.05, 4.69) is 5.32 Å². The first kappa shape index (κ1) is 26.7. The Balaban J connectivity index is 1.69. The Kier molecular flexibility index (Phi) is 8.92. The van der Waals surface area contributed by atoms with Gasteiger partial charge in [-0.05, 0) is 56.5 Å². The summed E-state index contributed by atoms with van der Waals surface area (Å²) in [6.45, 7) is 5.83. The third kappa shape index (κ3) is 6.21. The topological polar surface area (TPSA) is 86.8 Å². The molecule has 3 rings (SSSR count). The summed E-state index contributed by atoms with van der Waals surface area (Å²) in [5, 5.41) is 3.68. The number of carbonyl (C=O) groups excluding carboxylic acids is 4. The lowest BCUT2D eigenvalue weighted by Crippen LogP contribution is -2.49. The summed E-state index contributed by atoms with van der Waals surface area (Å²) in [4.78, 5) is 53.9. The number of carbonyl (C=O) groups is 4. The molecule has 0 bridgehead atoms. The zero-order chi connectivity index (χ0) is 25.7. The molecule has 0 aliphatic carbocycles. The maximum Gasteiger partial charge on any atom is 0.261 e. The molecule has 186 valence electrons. The number of halogens is 2. The predicted molar refractivity (Wildman–Crippen MR) is 135 cm³/mol. The molecule has 4 amide bonds. The Hall–Kier alpha value is -2.90. The van der Waals surface area contributed by atoms with E-state index in [-0.39, 0.29) is 55.6 Å². The number of imide groups is 1. The van der Waals surface area contributed by atoms with Gasteiger partial charge in [0.05, 0.1) is 21.2 Å². The van der Waals surface area contributed by atoms with Gasteiger partial charge >= 0.3 is 0 Å². The molecule has 0 spiro atoms. The molecular weight excluding hydrogens is 489 g/mol. The van der Waals surface area contributed by atoms with E-state index in [1.807, 2.05) is 13.8 Å². The van der Waals surface area contributed by atoms with Gasteiger partial charge in [-0.1, -0.05) is 48.3 Å². The fraction of sp³-hybridized carbons (Fsp3) is 0.385. The normalized spacial score (nSPS) is 14.5. The molecule has 0 saturated heterocycles. The first-order chi connectivity index (χ1) is 16.6. The summed E-state index contributed by atoms with van der Waals surface area (Å²) < 4.78 is 0. The smallest absolute Gasteiger partial charge is 0.261 e. The third-order valence-electron chi connectivity index (χ3n) is 6.16. The highest BCUT2D eigenvalue weighted by Gasteiger charge is 2.35. The monoisotopic (exact) mass is 517 g/mol. The van der Waals surface area contributed by atoms with E-state index < -0.39 is 6.04 Å². The highest BCUT2D eigenvalue weighted by atomic mass is 35.5. The van der Waals surface area contributed by atoms with Crippen LogP contribution >= 0.6 is 23.2 Å². The minimum absolute atomic E-state index is 0.0271. The first-order valence-electron chi connectivity index (χ1n) is 11.6. The van der Waals surface area contributed by atoms with Crippen molar-refractivity contribution in [2.45, 2.75) is 58.7 Å². The number of hydrogen-bond donors (Lipinski definition) is 1. The van der Waals surface area contributed by atoms with Crippen LogP contribution in [-0.2, 0) is 16.1 Å². The molecule has 1 aliphatic rings. The lowest BCUT2D eigenvalue weighted by molar-refractivity contribution is -0.141. The number of fused-ring (bicyclic) bond motifs is 1. The maximum atomic E-state index is 13.3. The Labute approximate surface area is 215 Å². The molecule has 0 fully saturated rings. The van der Waals surface area contributed by atoms with E-state index >= 15 is 0 Å². The Bertz CT molecular complexity index is 1100. The summed E-state index contributed by atoms with van der Waals surface area (Å²) in [5.41, 5.74) is 1.48. The van der Waals surface area contributed by atoms with Gasteiger partial charge in [0.2, 0.25) is 11.8 Å². The fourth-order valence-corrected chi connectivity index (χ4v) is 4.18. The SMILES string of the molecule is CC[C@@H](C)NC(=O)[C@@H](C)N(Cc1ccc(Cl)c(Cl)c1)C(=O)CCCN1C(=O)c2ccccc2C1=O. The van der Waals surface area contributed by atoms with Gasteiger partial charge in [0.15, 0.2) is 0 Å². The molecule has 35 heavy (non-hydrogen) atoms. The molecule has 1 N–H and O–H groups in total. The molecule has 2 aromatic carbocycles. The molecule has 2 atom stereocenters. The second-order valence-corrected chi connectivity index (χ2v) is 9.49. The summed E-state index contributed by atoms with van der Waals surface area (Å²) >= 11 is 12.2. The largest absolute Gasteiger partial charge is 0.352 e. The van der Waals surface area contributed by atoms with Crippen molar-refractivity contribution in [3.63, 3.8) is 0 Å². The van der Waals surface area contributed by atoms with Gasteiger partial charge in [-0.2, -0.15) is 0 Å². The van der Waals surface area contributed by atoms with Crippen LogP contribution in [0.4, 0.5) is 0 Å². The standard InChI is InChI=1S/C26H29Cl2N3O4/c1-4-16(2)29-24(33)17(3)31(15-18-11-12-21(27)22(28)14-18)23(32)10-7-13-30-25(34)19-8-5-6-9-20(19)26(30)35/h5-6,8-9,11-12,14,16-17H,4,7,10,13,15H2,1-3H3,(H,29,33)/t16-,17-/m1/s1. The molecule has 2 aromatic rings. The molecule has 0 radical (unpaired) electrons. The lowest BCUT2D eigenvalue weighted by Gasteiger charge is -2.30. The summed E-state index contributed by atoms with van der Waals surface area (Å²) in [6.07, 6.45) is 1.11. The van der Waals surface area contributed by atoms with Crippen LogP contribution in [0.25, 0.3) is 0 Å².